The number of hydrogen-bond acceptors (Lipinski definition) is 4. The Hall–Kier alpha value is -1.17. The molecule has 2 heterocycles. The standard InChI is InChI=1S/C14H10FNS3/c1-17-13-7-6-11(18-13)12-8-16-14(19-12)9-2-4-10(15)5-3-9/h2-8H,1H3. The van der Waals surface area contributed by atoms with Gasteiger partial charge in [-0.1, -0.05) is 0 Å². The van der Waals surface area contributed by atoms with Gasteiger partial charge in [0, 0.05) is 16.6 Å². The zero-order valence-electron chi connectivity index (χ0n) is 10.1. The predicted octanol–water partition coefficient (Wildman–Crippen LogP) is 5.40. The molecule has 0 N–H and O–H groups in total. The molecule has 0 radical (unpaired) electrons. The molecule has 0 spiro atoms. The number of nitrogens with zero attached hydrogens (tertiary/aromatic N) is 1. The normalized spacial score (nSPS) is 10.8. The van der Waals surface area contributed by atoms with Gasteiger partial charge in [-0.2, -0.15) is 0 Å². The smallest absolute Gasteiger partial charge is 0.123 e. The Morgan fingerprint density at radius 1 is 1.00 bits per heavy atom. The fourth-order valence-electron chi connectivity index (χ4n) is 1.68. The second-order valence-electron chi connectivity index (χ2n) is 3.86. The van der Waals surface area contributed by atoms with Gasteiger partial charge in [-0.15, -0.1) is 34.4 Å². The van der Waals surface area contributed by atoms with E-state index in [1.54, 1.807) is 46.6 Å². The third-order valence-electron chi connectivity index (χ3n) is 2.62. The van der Waals surface area contributed by atoms with E-state index in [4.69, 9.17) is 0 Å². The molecule has 0 amide bonds. The van der Waals surface area contributed by atoms with Crippen molar-refractivity contribution < 1.29 is 4.39 Å². The van der Waals surface area contributed by atoms with Crippen LogP contribution in [0.25, 0.3) is 20.3 Å². The average Bonchev–Trinajstić information content (AvgIpc) is 3.08. The average molecular weight is 307 g/mol. The van der Waals surface area contributed by atoms with Gasteiger partial charge in [0.1, 0.15) is 10.8 Å². The lowest BCUT2D eigenvalue weighted by atomic mass is 10.2. The molecule has 0 aliphatic carbocycles. The largest absolute Gasteiger partial charge is 0.244 e. The molecule has 1 aromatic carbocycles. The van der Waals surface area contributed by atoms with Crippen molar-refractivity contribution in [2.45, 2.75) is 4.21 Å². The van der Waals surface area contributed by atoms with E-state index in [9.17, 15) is 4.39 Å². The molecule has 96 valence electrons. The van der Waals surface area contributed by atoms with Gasteiger partial charge >= 0.3 is 0 Å². The third kappa shape index (κ3) is 2.73. The quantitative estimate of drug-likeness (QED) is 0.601. The summed E-state index contributed by atoms with van der Waals surface area (Å²) in [7, 11) is 0. The van der Waals surface area contributed by atoms with Crippen LogP contribution in [0.5, 0.6) is 0 Å². The van der Waals surface area contributed by atoms with Crippen LogP contribution in [-0.2, 0) is 0 Å². The minimum Gasteiger partial charge on any atom is -0.244 e. The van der Waals surface area contributed by atoms with E-state index in [0.29, 0.717) is 0 Å². The molecule has 3 rings (SSSR count). The molecule has 0 fully saturated rings. The van der Waals surface area contributed by atoms with Crippen molar-refractivity contribution in [1.29, 1.82) is 0 Å². The molecule has 0 bridgehead atoms. The topological polar surface area (TPSA) is 12.9 Å². The summed E-state index contributed by atoms with van der Waals surface area (Å²) in [5, 5.41) is 0.925. The Morgan fingerprint density at radius 2 is 1.79 bits per heavy atom. The number of rotatable bonds is 3. The van der Waals surface area contributed by atoms with E-state index >= 15 is 0 Å². The van der Waals surface area contributed by atoms with Crippen molar-refractivity contribution in [2.24, 2.45) is 0 Å². The number of benzene rings is 1. The molecule has 0 atom stereocenters. The molecule has 3 aromatic rings. The van der Waals surface area contributed by atoms with Crippen LogP contribution < -0.4 is 0 Å². The van der Waals surface area contributed by atoms with E-state index in [-0.39, 0.29) is 5.82 Å². The van der Waals surface area contributed by atoms with E-state index in [0.717, 1.165) is 15.4 Å². The van der Waals surface area contributed by atoms with Crippen molar-refractivity contribution in [3.8, 4) is 20.3 Å². The van der Waals surface area contributed by atoms with Gasteiger partial charge in [0.15, 0.2) is 0 Å². The molecule has 2 aromatic heterocycles. The van der Waals surface area contributed by atoms with Gasteiger partial charge < -0.3 is 0 Å². The van der Waals surface area contributed by atoms with Crippen LogP contribution in [0.2, 0.25) is 0 Å². The van der Waals surface area contributed by atoms with Gasteiger partial charge in [0.2, 0.25) is 0 Å². The minimum absolute atomic E-state index is 0.219. The van der Waals surface area contributed by atoms with Crippen LogP contribution in [0, 0.1) is 5.82 Å². The van der Waals surface area contributed by atoms with Crippen LogP contribution in [0.15, 0.2) is 46.8 Å². The summed E-state index contributed by atoms with van der Waals surface area (Å²) in [5.74, 6) is -0.219. The second-order valence-corrected chi connectivity index (χ2v) is 7.08. The van der Waals surface area contributed by atoms with Crippen LogP contribution >= 0.6 is 34.4 Å². The number of aromatic nitrogens is 1. The lowest BCUT2D eigenvalue weighted by Crippen LogP contribution is -1.76. The van der Waals surface area contributed by atoms with Gasteiger partial charge in [0.05, 0.1) is 9.09 Å². The summed E-state index contributed by atoms with van der Waals surface area (Å²) in [6.45, 7) is 0. The Balaban J connectivity index is 1.92. The first-order chi connectivity index (χ1) is 9.26. The Labute approximate surface area is 123 Å². The van der Waals surface area contributed by atoms with Crippen molar-refractivity contribution in [2.75, 3.05) is 6.26 Å². The maximum absolute atomic E-state index is 12.9. The lowest BCUT2D eigenvalue weighted by Gasteiger charge is -1.94. The summed E-state index contributed by atoms with van der Waals surface area (Å²) in [5.41, 5.74) is 0.958. The van der Waals surface area contributed by atoms with Crippen LogP contribution in [-0.4, -0.2) is 11.2 Å². The Morgan fingerprint density at radius 3 is 2.47 bits per heavy atom. The first-order valence-electron chi connectivity index (χ1n) is 5.62. The first-order valence-corrected chi connectivity index (χ1v) is 8.48. The second kappa shape index (κ2) is 5.45. The fraction of sp³-hybridized carbons (Fsp3) is 0.0714. The summed E-state index contributed by atoms with van der Waals surface area (Å²) in [6, 6.07) is 10.7. The van der Waals surface area contributed by atoms with E-state index < -0.39 is 0 Å². The van der Waals surface area contributed by atoms with Crippen LogP contribution in [0.1, 0.15) is 0 Å². The Bertz CT molecular complexity index is 685. The van der Waals surface area contributed by atoms with Gasteiger partial charge in [-0.25, -0.2) is 9.37 Å². The fourth-order valence-corrected chi connectivity index (χ4v) is 4.22. The SMILES string of the molecule is CSc1ccc(-c2cnc(-c3ccc(F)cc3)s2)s1. The maximum atomic E-state index is 12.9. The third-order valence-corrected chi connectivity index (χ3v) is 6.03. The van der Waals surface area contributed by atoms with Crippen molar-refractivity contribution in [3.63, 3.8) is 0 Å². The summed E-state index contributed by atoms with van der Waals surface area (Å²) in [6.07, 6.45) is 3.96. The monoisotopic (exact) mass is 307 g/mol. The zero-order chi connectivity index (χ0) is 13.2. The number of thiophene rings is 1. The van der Waals surface area contributed by atoms with Crippen LogP contribution in [0.4, 0.5) is 4.39 Å². The van der Waals surface area contributed by atoms with Crippen molar-refractivity contribution in [1.82, 2.24) is 4.98 Å². The van der Waals surface area contributed by atoms with Crippen LogP contribution in [0.3, 0.4) is 0 Å². The first kappa shape index (κ1) is 12.8. The van der Waals surface area contributed by atoms with Crippen molar-refractivity contribution >= 4 is 34.4 Å². The van der Waals surface area contributed by atoms with E-state index in [1.807, 2.05) is 6.20 Å². The highest BCUT2D eigenvalue weighted by Gasteiger charge is 2.08. The summed E-state index contributed by atoms with van der Waals surface area (Å²) >= 11 is 5.16. The predicted molar refractivity (Wildman–Crippen MR) is 82.6 cm³/mol. The minimum atomic E-state index is -0.219. The van der Waals surface area contributed by atoms with Gasteiger partial charge in [-0.05, 0) is 42.7 Å². The molecule has 19 heavy (non-hydrogen) atoms. The lowest BCUT2D eigenvalue weighted by molar-refractivity contribution is 0.628. The molecule has 0 aliphatic heterocycles. The highest BCUT2D eigenvalue weighted by Crippen LogP contribution is 2.38. The summed E-state index contributed by atoms with van der Waals surface area (Å²) < 4.78 is 14.2. The number of thiazole rings is 1. The highest BCUT2D eigenvalue weighted by atomic mass is 32.2. The maximum Gasteiger partial charge on any atom is 0.123 e. The Kier molecular flexibility index (Phi) is 3.68. The molecular formula is C14H10FNS3. The van der Waals surface area contributed by atoms with E-state index in [2.05, 4.69) is 23.4 Å². The molecule has 0 unspecified atom stereocenters. The molecule has 5 heteroatoms. The molecule has 1 nitrogen and oxygen atoms in total. The number of thioether (sulfide) groups is 1. The van der Waals surface area contributed by atoms with E-state index in [1.165, 1.54) is 21.2 Å². The molecule has 0 aliphatic rings. The van der Waals surface area contributed by atoms with Gasteiger partial charge in [-0.3, -0.25) is 0 Å². The zero-order valence-corrected chi connectivity index (χ0v) is 12.5. The van der Waals surface area contributed by atoms with Crippen molar-refractivity contribution in [3.05, 3.63) is 48.4 Å². The number of halogens is 1. The molecule has 0 saturated carbocycles. The number of hydrogen-bond donors (Lipinski definition) is 0. The molecule has 0 saturated heterocycles. The molecular weight excluding hydrogens is 297 g/mol. The highest BCUT2D eigenvalue weighted by molar-refractivity contribution is 8.00. The van der Waals surface area contributed by atoms with Gasteiger partial charge in [0.25, 0.3) is 0 Å². The summed E-state index contributed by atoms with van der Waals surface area (Å²) in [4.78, 5) is 6.81.